The van der Waals surface area contributed by atoms with Crippen molar-refractivity contribution in [3.63, 3.8) is 0 Å². The Hall–Kier alpha value is -3.06. The third-order valence-corrected chi connectivity index (χ3v) is 5.30. The molecule has 1 aromatic heterocycles. The average molecular weight is 418 g/mol. The van der Waals surface area contributed by atoms with E-state index in [2.05, 4.69) is 41.8 Å². The predicted molar refractivity (Wildman–Crippen MR) is 120 cm³/mol. The van der Waals surface area contributed by atoms with Crippen molar-refractivity contribution < 1.29 is 0 Å². The molecule has 0 saturated heterocycles. The standard InChI is InChI=1S/C24H17Cl2N3/c1-16-6-8-17(9-7-16)15-29-23-5-3-2-4-22(23)28-24(29)19(14-27)12-18-10-11-20(25)13-21(18)26/h2-13H,15H2,1H3/b19-12+. The van der Waals surface area contributed by atoms with E-state index in [1.54, 1.807) is 24.3 Å². The number of nitrogens with zero attached hydrogens (tertiary/aromatic N) is 3. The van der Waals surface area contributed by atoms with Crippen LogP contribution < -0.4 is 0 Å². The molecule has 29 heavy (non-hydrogen) atoms. The van der Waals surface area contributed by atoms with Gasteiger partial charge in [0.05, 0.1) is 16.6 Å². The SMILES string of the molecule is Cc1ccc(Cn2c(/C(C#N)=C/c3ccc(Cl)cc3Cl)nc3ccccc32)cc1. The Balaban J connectivity index is 1.86. The quantitative estimate of drug-likeness (QED) is 0.344. The van der Waals surface area contributed by atoms with Gasteiger partial charge in [-0.25, -0.2) is 4.98 Å². The van der Waals surface area contributed by atoms with Crippen LogP contribution in [0.15, 0.2) is 66.7 Å². The molecule has 0 unspecified atom stereocenters. The lowest BCUT2D eigenvalue weighted by atomic mass is 10.1. The van der Waals surface area contributed by atoms with Gasteiger partial charge in [-0.2, -0.15) is 5.26 Å². The number of aryl methyl sites for hydroxylation is 1. The van der Waals surface area contributed by atoms with Crippen LogP contribution in [0.25, 0.3) is 22.7 Å². The Bertz CT molecular complexity index is 1260. The van der Waals surface area contributed by atoms with E-state index in [9.17, 15) is 5.26 Å². The Morgan fingerprint density at radius 1 is 1.07 bits per heavy atom. The monoisotopic (exact) mass is 417 g/mol. The number of fused-ring (bicyclic) bond motifs is 1. The highest BCUT2D eigenvalue weighted by Crippen LogP contribution is 2.28. The molecule has 3 nitrogen and oxygen atoms in total. The number of allylic oxidation sites excluding steroid dienone is 1. The zero-order valence-corrected chi connectivity index (χ0v) is 17.2. The summed E-state index contributed by atoms with van der Waals surface area (Å²) < 4.78 is 2.07. The summed E-state index contributed by atoms with van der Waals surface area (Å²) in [6.45, 7) is 2.68. The minimum Gasteiger partial charge on any atom is -0.319 e. The first kappa shape index (κ1) is 19.3. The number of para-hydroxylation sites is 2. The van der Waals surface area contributed by atoms with Crippen LogP contribution in [0.3, 0.4) is 0 Å². The second kappa shape index (κ2) is 8.13. The number of aromatic nitrogens is 2. The van der Waals surface area contributed by atoms with Crippen LogP contribution in [0.1, 0.15) is 22.5 Å². The van der Waals surface area contributed by atoms with Crippen molar-refractivity contribution in [2.24, 2.45) is 0 Å². The molecule has 0 aliphatic heterocycles. The molecule has 3 aromatic carbocycles. The van der Waals surface area contributed by atoms with Crippen molar-refractivity contribution >= 4 is 45.9 Å². The molecular weight excluding hydrogens is 401 g/mol. The van der Waals surface area contributed by atoms with Gasteiger partial charge in [-0.3, -0.25) is 0 Å². The molecule has 0 fully saturated rings. The van der Waals surface area contributed by atoms with Gasteiger partial charge in [0.1, 0.15) is 6.07 Å². The third kappa shape index (κ3) is 4.05. The lowest BCUT2D eigenvalue weighted by molar-refractivity contribution is 0.810. The Morgan fingerprint density at radius 2 is 1.83 bits per heavy atom. The zero-order valence-electron chi connectivity index (χ0n) is 15.7. The van der Waals surface area contributed by atoms with Crippen LogP contribution in [-0.2, 0) is 6.54 Å². The molecule has 1 heterocycles. The molecule has 0 spiro atoms. The van der Waals surface area contributed by atoms with Crippen LogP contribution in [0.2, 0.25) is 10.0 Å². The first-order chi connectivity index (χ1) is 14.0. The molecule has 0 amide bonds. The van der Waals surface area contributed by atoms with Crippen molar-refractivity contribution in [2.45, 2.75) is 13.5 Å². The van der Waals surface area contributed by atoms with Crippen molar-refractivity contribution in [1.82, 2.24) is 9.55 Å². The van der Waals surface area contributed by atoms with Gasteiger partial charge in [-0.05, 0) is 48.4 Å². The molecular formula is C24H17Cl2N3. The van der Waals surface area contributed by atoms with Crippen molar-refractivity contribution in [3.05, 3.63) is 99.3 Å². The lowest BCUT2D eigenvalue weighted by Gasteiger charge is -2.10. The fourth-order valence-electron chi connectivity index (χ4n) is 3.24. The number of hydrogen-bond acceptors (Lipinski definition) is 2. The molecule has 4 aromatic rings. The normalized spacial score (nSPS) is 11.6. The molecule has 0 aliphatic rings. The minimum absolute atomic E-state index is 0.442. The van der Waals surface area contributed by atoms with Crippen molar-refractivity contribution in [1.29, 1.82) is 5.26 Å². The maximum absolute atomic E-state index is 9.90. The molecule has 0 N–H and O–H groups in total. The highest BCUT2D eigenvalue weighted by molar-refractivity contribution is 6.35. The molecule has 0 atom stereocenters. The van der Waals surface area contributed by atoms with Crippen molar-refractivity contribution in [2.75, 3.05) is 0 Å². The second-order valence-corrected chi connectivity index (χ2v) is 7.68. The molecule has 0 aliphatic carbocycles. The maximum Gasteiger partial charge on any atom is 0.152 e. The summed E-state index contributed by atoms with van der Waals surface area (Å²) in [5.74, 6) is 0.611. The molecule has 5 heteroatoms. The number of halogens is 2. The number of benzene rings is 3. The average Bonchev–Trinajstić information content (AvgIpc) is 3.07. The van der Waals surface area contributed by atoms with Crippen molar-refractivity contribution in [3.8, 4) is 6.07 Å². The van der Waals surface area contributed by atoms with Crippen LogP contribution >= 0.6 is 23.2 Å². The van der Waals surface area contributed by atoms with Gasteiger partial charge in [0.2, 0.25) is 0 Å². The summed E-state index contributed by atoms with van der Waals surface area (Å²) in [6.07, 6.45) is 1.76. The topological polar surface area (TPSA) is 41.6 Å². The molecule has 0 bridgehead atoms. The van der Waals surface area contributed by atoms with Gasteiger partial charge >= 0.3 is 0 Å². The van der Waals surface area contributed by atoms with E-state index in [1.807, 2.05) is 24.3 Å². The Morgan fingerprint density at radius 3 is 2.55 bits per heavy atom. The van der Waals surface area contributed by atoms with E-state index >= 15 is 0 Å². The van der Waals surface area contributed by atoms with E-state index < -0.39 is 0 Å². The largest absolute Gasteiger partial charge is 0.319 e. The Labute approximate surface area is 179 Å². The summed E-state index contributed by atoms with van der Waals surface area (Å²) in [5.41, 5.74) is 5.34. The molecule has 142 valence electrons. The highest BCUT2D eigenvalue weighted by atomic mass is 35.5. The summed E-state index contributed by atoms with van der Waals surface area (Å²) in [7, 11) is 0. The first-order valence-electron chi connectivity index (χ1n) is 9.13. The lowest BCUT2D eigenvalue weighted by Crippen LogP contribution is -2.04. The fraction of sp³-hybridized carbons (Fsp3) is 0.0833. The van der Waals surface area contributed by atoms with Gasteiger partial charge in [0.25, 0.3) is 0 Å². The number of imidazole rings is 1. The first-order valence-corrected chi connectivity index (χ1v) is 9.89. The summed E-state index contributed by atoms with van der Waals surface area (Å²) >= 11 is 12.3. The van der Waals surface area contributed by atoms with Crippen LogP contribution in [-0.4, -0.2) is 9.55 Å². The number of nitriles is 1. The van der Waals surface area contributed by atoms with Gasteiger partial charge in [0, 0.05) is 16.6 Å². The number of rotatable bonds is 4. The van der Waals surface area contributed by atoms with E-state index in [-0.39, 0.29) is 0 Å². The van der Waals surface area contributed by atoms with Gasteiger partial charge in [-0.1, -0.05) is 71.2 Å². The summed E-state index contributed by atoms with van der Waals surface area (Å²) in [4.78, 5) is 4.74. The van der Waals surface area contributed by atoms with Crippen LogP contribution in [0.5, 0.6) is 0 Å². The van der Waals surface area contributed by atoms with E-state index in [0.717, 1.165) is 22.2 Å². The minimum atomic E-state index is 0.442. The highest BCUT2D eigenvalue weighted by Gasteiger charge is 2.15. The summed E-state index contributed by atoms with van der Waals surface area (Å²) in [6, 6.07) is 23.8. The number of hydrogen-bond donors (Lipinski definition) is 0. The van der Waals surface area contributed by atoms with Gasteiger partial charge in [0.15, 0.2) is 5.82 Å². The van der Waals surface area contributed by atoms with Crippen LogP contribution in [0, 0.1) is 18.3 Å². The van der Waals surface area contributed by atoms with Crippen LogP contribution in [0.4, 0.5) is 0 Å². The Kier molecular flexibility index (Phi) is 5.40. The van der Waals surface area contributed by atoms with E-state index in [4.69, 9.17) is 28.2 Å². The molecule has 0 saturated carbocycles. The zero-order chi connectivity index (χ0) is 20.4. The predicted octanol–water partition coefficient (Wildman–Crippen LogP) is 6.76. The third-order valence-electron chi connectivity index (χ3n) is 4.74. The van der Waals surface area contributed by atoms with Gasteiger partial charge in [-0.15, -0.1) is 0 Å². The molecule has 4 rings (SSSR count). The summed E-state index contributed by atoms with van der Waals surface area (Å²) in [5, 5.41) is 10.9. The maximum atomic E-state index is 9.90. The fourth-order valence-corrected chi connectivity index (χ4v) is 3.70. The second-order valence-electron chi connectivity index (χ2n) is 6.83. The van der Waals surface area contributed by atoms with Gasteiger partial charge < -0.3 is 4.57 Å². The van der Waals surface area contributed by atoms with E-state index in [1.165, 1.54) is 5.56 Å². The molecule has 0 radical (unpaired) electrons. The smallest absolute Gasteiger partial charge is 0.152 e. The van der Waals surface area contributed by atoms with E-state index in [0.29, 0.717) is 28.0 Å².